The number of halogens is 3. The number of hydrogen-bond donors (Lipinski definition) is 1. The summed E-state index contributed by atoms with van der Waals surface area (Å²) in [5.41, 5.74) is -0.128. The molecule has 1 aliphatic carbocycles. The molecule has 1 aromatic rings. The van der Waals surface area contributed by atoms with Crippen molar-refractivity contribution < 1.29 is 18.0 Å². The lowest BCUT2D eigenvalue weighted by Crippen LogP contribution is -2.27. The van der Waals surface area contributed by atoms with Crippen molar-refractivity contribution in [3.05, 3.63) is 35.1 Å². The van der Waals surface area contributed by atoms with Crippen molar-refractivity contribution in [1.29, 1.82) is 0 Å². The molecule has 0 radical (unpaired) electrons. The van der Waals surface area contributed by atoms with Crippen molar-refractivity contribution in [3.8, 4) is 0 Å². The highest BCUT2D eigenvalue weighted by molar-refractivity contribution is 5.79. The molecule has 5 heteroatoms. The minimum absolute atomic E-state index is 0.128. The van der Waals surface area contributed by atoms with Gasteiger partial charge < -0.3 is 5.32 Å². The molecule has 1 saturated carbocycles. The molecule has 2 rings (SSSR count). The molecule has 0 unspecified atom stereocenters. The lowest BCUT2D eigenvalue weighted by molar-refractivity contribution is -0.120. The van der Waals surface area contributed by atoms with E-state index in [1.165, 1.54) is 0 Å². The van der Waals surface area contributed by atoms with Crippen LogP contribution in [0.5, 0.6) is 0 Å². The number of amides is 1. The second-order valence-corrected chi connectivity index (χ2v) is 3.85. The van der Waals surface area contributed by atoms with Gasteiger partial charge in [0, 0.05) is 11.6 Å². The van der Waals surface area contributed by atoms with E-state index < -0.39 is 17.5 Å². The highest BCUT2D eigenvalue weighted by Gasteiger charge is 2.24. The second-order valence-electron chi connectivity index (χ2n) is 3.85. The molecule has 86 valence electrons. The maximum absolute atomic E-state index is 13.2. The summed E-state index contributed by atoms with van der Waals surface area (Å²) in [7, 11) is 0. The highest BCUT2D eigenvalue weighted by atomic mass is 19.2. The number of benzene rings is 1. The molecule has 0 atom stereocenters. The molecule has 0 aliphatic heterocycles. The van der Waals surface area contributed by atoms with Crippen molar-refractivity contribution in [2.45, 2.75) is 25.3 Å². The third-order valence-electron chi connectivity index (χ3n) is 2.41. The minimum Gasteiger partial charge on any atom is -0.353 e. The Morgan fingerprint density at radius 2 is 1.94 bits per heavy atom. The van der Waals surface area contributed by atoms with Crippen LogP contribution in [-0.4, -0.2) is 11.9 Å². The van der Waals surface area contributed by atoms with Crippen LogP contribution in [0.3, 0.4) is 0 Å². The van der Waals surface area contributed by atoms with E-state index in [1.54, 1.807) is 0 Å². The molecule has 0 saturated heterocycles. The summed E-state index contributed by atoms with van der Waals surface area (Å²) < 4.78 is 38.6. The highest BCUT2D eigenvalue weighted by Crippen LogP contribution is 2.19. The smallest absolute Gasteiger partial charge is 0.224 e. The van der Waals surface area contributed by atoms with Gasteiger partial charge in [0.15, 0.2) is 17.5 Å². The molecule has 0 aromatic heterocycles. The van der Waals surface area contributed by atoms with Crippen LogP contribution in [0.15, 0.2) is 12.1 Å². The normalized spacial score (nSPS) is 14.9. The predicted molar refractivity (Wildman–Crippen MR) is 51.2 cm³/mol. The standard InChI is InChI=1S/C11H10F3NO/c12-8-4-1-6(10(13)11(8)14)5-9(16)15-7-2-3-7/h1,4,7H,2-3,5H2,(H,15,16). The summed E-state index contributed by atoms with van der Waals surface area (Å²) in [6.45, 7) is 0. The van der Waals surface area contributed by atoms with Crippen LogP contribution < -0.4 is 5.32 Å². The quantitative estimate of drug-likeness (QED) is 0.788. The van der Waals surface area contributed by atoms with Crippen molar-refractivity contribution in [1.82, 2.24) is 5.32 Å². The van der Waals surface area contributed by atoms with Crippen LogP contribution in [0, 0.1) is 17.5 Å². The first-order chi connectivity index (χ1) is 7.58. The fraction of sp³-hybridized carbons (Fsp3) is 0.364. The molecule has 0 spiro atoms. The number of carbonyl (C=O) groups excluding carboxylic acids is 1. The Bertz CT molecular complexity index is 429. The molecule has 1 amide bonds. The van der Waals surface area contributed by atoms with Crippen molar-refractivity contribution in [2.24, 2.45) is 0 Å². The fourth-order valence-electron chi connectivity index (χ4n) is 1.38. The Labute approximate surface area is 90.5 Å². The molecular weight excluding hydrogens is 219 g/mol. The summed E-state index contributed by atoms with van der Waals surface area (Å²) in [5, 5.41) is 2.64. The average Bonchev–Trinajstić information content (AvgIpc) is 3.03. The van der Waals surface area contributed by atoms with E-state index in [0.717, 1.165) is 25.0 Å². The molecule has 0 bridgehead atoms. The second kappa shape index (κ2) is 4.15. The van der Waals surface area contributed by atoms with E-state index >= 15 is 0 Å². The summed E-state index contributed by atoms with van der Waals surface area (Å²) in [6, 6.07) is 2.07. The van der Waals surface area contributed by atoms with Gasteiger partial charge in [-0.1, -0.05) is 6.07 Å². The van der Waals surface area contributed by atoms with Crippen LogP contribution >= 0.6 is 0 Å². The number of hydrogen-bond acceptors (Lipinski definition) is 1. The van der Waals surface area contributed by atoms with Crippen molar-refractivity contribution >= 4 is 5.91 Å². The monoisotopic (exact) mass is 229 g/mol. The Balaban J connectivity index is 2.08. The third-order valence-corrected chi connectivity index (χ3v) is 2.41. The SMILES string of the molecule is O=C(Cc1ccc(F)c(F)c1F)NC1CC1. The van der Waals surface area contributed by atoms with E-state index in [1.807, 2.05) is 0 Å². The zero-order valence-corrected chi connectivity index (χ0v) is 8.40. The van der Waals surface area contributed by atoms with E-state index in [4.69, 9.17) is 0 Å². The Morgan fingerprint density at radius 3 is 2.56 bits per heavy atom. The van der Waals surface area contributed by atoms with Gasteiger partial charge in [-0.3, -0.25) is 4.79 Å². The van der Waals surface area contributed by atoms with E-state index in [2.05, 4.69) is 5.32 Å². The first-order valence-corrected chi connectivity index (χ1v) is 4.99. The maximum atomic E-state index is 13.2. The van der Waals surface area contributed by atoms with E-state index in [9.17, 15) is 18.0 Å². The Morgan fingerprint density at radius 1 is 1.25 bits per heavy atom. The number of nitrogens with one attached hydrogen (secondary N) is 1. The summed E-state index contributed by atoms with van der Waals surface area (Å²) in [5.74, 6) is -4.43. The molecule has 1 fully saturated rings. The molecule has 2 nitrogen and oxygen atoms in total. The van der Waals surface area contributed by atoms with Gasteiger partial charge in [-0.25, -0.2) is 13.2 Å². The maximum Gasteiger partial charge on any atom is 0.224 e. The first-order valence-electron chi connectivity index (χ1n) is 4.99. The van der Waals surface area contributed by atoms with Gasteiger partial charge in [0.25, 0.3) is 0 Å². The largest absolute Gasteiger partial charge is 0.353 e. The van der Waals surface area contributed by atoms with Crippen LogP contribution in [0.25, 0.3) is 0 Å². The zero-order chi connectivity index (χ0) is 11.7. The molecule has 16 heavy (non-hydrogen) atoms. The Kier molecular flexibility index (Phi) is 2.85. The molecule has 1 aliphatic rings. The van der Waals surface area contributed by atoms with Crippen LogP contribution in [0.2, 0.25) is 0 Å². The Hall–Kier alpha value is -1.52. The average molecular weight is 229 g/mol. The predicted octanol–water partition coefficient (Wildman–Crippen LogP) is 1.93. The zero-order valence-electron chi connectivity index (χ0n) is 8.40. The molecule has 0 heterocycles. The third kappa shape index (κ3) is 2.35. The topological polar surface area (TPSA) is 29.1 Å². The van der Waals surface area contributed by atoms with Gasteiger partial charge in [-0.2, -0.15) is 0 Å². The summed E-state index contributed by atoms with van der Waals surface area (Å²) in [6.07, 6.45) is 1.58. The molecule has 1 aromatic carbocycles. The fourth-order valence-corrected chi connectivity index (χ4v) is 1.38. The minimum atomic E-state index is -1.53. The first kappa shape index (κ1) is 11.0. The van der Waals surface area contributed by atoms with E-state index in [0.29, 0.717) is 0 Å². The van der Waals surface area contributed by atoms with Crippen LogP contribution in [0.1, 0.15) is 18.4 Å². The van der Waals surface area contributed by atoms with Gasteiger partial charge in [0.2, 0.25) is 5.91 Å². The summed E-state index contributed by atoms with van der Waals surface area (Å²) in [4.78, 5) is 11.3. The van der Waals surface area contributed by atoms with E-state index in [-0.39, 0.29) is 23.9 Å². The van der Waals surface area contributed by atoms with Gasteiger partial charge in [-0.15, -0.1) is 0 Å². The molecule has 1 N–H and O–H groups in total. The van der Waals surface area contributed by atoms with Crippen LogP contribution in [0.4, 0.5) is 13.2 Å². The van der Waals surface area contributed by atoms with Crippen LogP contribution in [-0.2, 0) is 11.2 Å². The lowest BCUT2D eigenvalue weighted by Gasteiger charge is -2.05. The van der Waals surface area contributed by atoms with Gasteiger partial charge >= 0.3 is 0 Å². The van der Waals surface area contributed by atoms with Gasteiger partial charge in [0.05, 0.1) is 6.42 Å². The number of carbonyl (C=O) groups is 1. The molecular formula is C11H10F3NO. The van der Waals surface area contributed by atoms with Crippen molar-refractivity contribution in [2.75, 3.05) is 0 Å². The number of rotatable bonds is 3. The van der Waals surface area contributed by atoms with Crippen molar-refractivity contribution in [3.63, 3.8) is 0 Å². The summed E-state index contributed by atoms with van der Waals surface area (Å²) >= 11 is 0. The van der Waals surface area contributed by atoms with Gasteiger partial charge in [0.1, 0.15) is 0 Å². The van der Waals surface area contributed by atoms with Gasteiger partial charge in [-0.05, 0) is 18.9 Å². The lowest BCUT2D eigenvalue weighted by atomic mass is 10.1.